The lowest BCUT2D eigenvalue weighted by atomic mass is 9.97. The molecule has 6 nitrogen and oxygen atoms in total. The van der Waals surface area contributed by atoms with E-state index in [0.29, 0.717) is 19.8 Å². The van der Waals surface area contributed by atoms with Gasteiger partial charge in [0.1, 0.15) is 12.4 Å². The minimum absolute atomic E-state index is 0.00849. The Morgan fingerprint density at radius 2 is 2.16 bits per heavy atom. The topological polar surface area (TPSA) is 63.2 Å². The molecule has 0 amide bonds. The molecule has 0 unspecified atom stereocenters. The third-order valence-corrected chi connectivity index (χ3v) is 4.57. The first-order valence-corrected chi connectivity index (χ1v) is 9.44. The number of carbonyl (C=O) groups excluding carboxylic acids is 1. The van der Waals surface area contributed by atoms with Crippen LogP contribution in [0, 0.1) is 5.92 Å². The van der Waals surface area contributed by atoms with Crippen molar-refractivity contribution in [1.29, 1.82) is 0 Å². The summed E-state index contributed by atoms with van der Waals surface area (Å²) < 4.78 is 11.8. The number of aliphatic imine (C=N–C) groups is 1. The van der Waals surface area contributed by atoms with Crippen LogP contribution in [0.2, 0.25) is 0 Å². The van der Waals surface area contributed by atoms with Crippen molar-refractivity contribution in [2.24, 2.45) is 10.9 Å². The lowest BCUT2D eigenvalue weighted by Crippen LogP contribution is -2.47. The molecule has 1 heterocycles. The van der Waals surface area contributed by atoms with Crippen molar-refractivity contribution in [3.05, 3.63) is 28.7 Å². The lowest BCUT2D eigenvalue weighted by Gasteiger charge is -2.33. The van der Waals surface area contributed by atoms with Crippen molar-refractivity contribution in [2.75, 3.05) is 39.9 Å². The normalized spacial score (nSPS) is 15.8. The van der Waals surface area contributed by atoms with Crippen molar-refractivity contribution in [2.45, 2.75) is 19.8 Å². The molecular weight excluding hydrogens is 386 g/mol. The van der Waals surface area contributed by atoms with Crippen molar-refractivity contribution < 1.29 is 14.3 Å². The molecule has 1 fully saturated rings. The molecule has 0 radical (unpaired) electrons. The molecule has 138 valence electrons. The number of nitrogens with zero attached hydrogens (tertiary/aromatic N) is 2. The fraction of sp³-hybridized carbons (Fsp3) is 0.556. The van der Waals surface area contributed by atoms with Crippen LogP contribution in [0.15, 0.2) is 33.7 Å². The Balaban J connectivity index is 1.71. The first-order chi connectivity index (χ1) is 12.1. The third-order valence-electron chi connectivity index (χ3n) is 4.08. The van der Waals surface area contributed by atoms with Crippen LogP contribution < -0.4 is 10.1 Å². The number of piperidine rings is 1. The van der Waals surface area contributed by atoms with E-state index in [-0.39, 0.29) is 11.9 Å². The Kier molecular flexibility index (Phi) is 8.04. The summed E-state index contributed by atoms with van der Waals surface area (Å²) >= 11 is 3.43. The molecule has 7 heteroatoms. The highest BCUT2D eigenvalue weighted by Crippen LogP contribution is 2.19. The van der Waals surface area contributed by atoms with E-state index in [0.717, 1.165) is 42.1 Å². The van der Waals surface area contributed by atoms with Crippen molar-refractivity contribution >= 4 is 27.9 Å². The van der Waals surface area contributed by atoms with Crippen molar-refractivity contribution in [3.8, 4) is 5.75 Å². The number of benzene rings is 1. The number of nitrogens with one attached hydrogen (secondary N) is 1. The van der Waals surface area contributed by atoms with E-state index in [1.807, 2.05) is 31.2 Å². The lowest BCUT2D eigenvalue weighted by molar-refractivity contribution is -0.149. The van der Waals surface area contributed by atoms with Gasteiger partial charge in [0.05, 0.1) is 19.1 Å². The van der Waals surface area contributed by atoms with E-state index < -0.39 is 0 Å². The van der Waals surface area contributed by atoms with E-state index in [2.05, 4.69) is 31.1 Å². The molecule has 1 aromatic rings. The Hall–Kier alpha value is -1.76. The molecule has 1 saturated heterocycles. The summed E-state index contributed by atoms with van der Waals surface area (Å²) in [6, 6.07) is 7.78. The Morgan fingerprint density at radius 1 is 1.40 bits per heavy atom. The average Bonchev–Trinajstić information content (AvgIpc) is 2.62. The molecule has 25 heavy (non-hydrogen) atoms. The van der Waals surface area contributed by atoms with Gasteiger partial charge in [-0.2, -0.15) is 0 Å². The molecular formula is C18H26BrN3O3. The second-order valence-electron chi connectivity index (χ2n) is 5.79. The zero-order valence-corrected chi connectivity index (χ0v) is 16.4. The van der Waals surface area contributed by atoms with Crippen LogP contribution >= 0.6 is 15.9 Å². The van der Waals surface area contributed by atoms with E-state index in [1.165, 1.54) is 0 Å². The molecule has 0 saturated carbocycles. The van der Waals surface area contributed by atoms with Gasteiger partial charge < -0.3 is 19.7 Å². The summed E-state index contributed by atoms with van der Waals surface area (Å²) in [4.78, 5) is 18.3. The van der Waals surface area contributed by atoms with Crippen molar-refractivity contribution in [1.82, 2.24) is 10.2 Å². The maximum absolute atomic E-state index is 11.8. The number of ether oxygens (including phenoxy) is 2. The van der Waals surface area contributed by atoms with Crippen LogP contribution in [0.25, 0.3) is 0 Å². The summed E-state index contributed by atoms with van der Waals surface area (Å²) in [5, 5.41) is 3.32. The van der Waals surface area contributed by atoms with E-state index in [4.69, 9.17) is 9.47 Å². The second kappa shape index (κ2) is 10.3. The van der Waals surface area contributed by atoms with Gasteiger partial charge in [-0.15, -0.1) is 0 Å². The standard InChI is InChI=1S/C18H26BrN3O3/c1-3-24-17(23)14-7-10-22(11-8-14)18(20-2)21-9-12-25-16-6-4-5-15(19)13-16/h4-6,13-14H,3,7-12H2,1-2H3,(H,20,21). The minimum Gasteiger partial charge on any atom is -0.492 e. The fourth-order valence-electron chi connectivity index (χ4n) is 2.81. The quantitative estimate of drug-likeness (QED) is 0.337. The zero-order chi connectivity index (χ0) is 18.1. The van der Waals surface area contributed by atoms with Crippen LogP contribution in [0.5, 0.6) is 5.75 Å². The van der Waals surface area contributed by atoms with Crippen LogP contribution in [-0.2, 0) is 9.53 Å². The number of halogens is 1. The highest BCUT2D eigenvalue weighted by Gasteiger charge is 2.27. The minimum atomic E-state index is -0.0764. The molecule has 1 aliphatic rings. The molecule has 1 N–H and O–H groups in total. The van der Waals surface area contributed by atoms with Gasteiger partial charge in [-0.1, -0.05) is 22.0 Å². The number of esters is 1. The highest BCUT2D eigenvalue weighted by atomic mass is 79.9. The third kappa shape index (κ3) is 6.23. The number of hydrogen-bond donors (Lipinski definition) is 1. The van der Waals surface area contributed by atoms with Gasteiger partial charge in [-0.05, 0) is 38.0 Å². The SMILES string of the molecule is CCOC(=O)C1CCN(C(=NC)NCCOc2cccc(Br)c2)CC1. The monoisotopic (exact) mass is 411 g/mol. The summed E-state index contributed by atoms with van der Waals surface area (Å²) in [6.45, 7) is 5.10. The van der Waals surface area contributed by atoms with Gasteiger partial charge in [0.2, 0.25) is 0 Å². The zero-order valence-electron chi connectivity index (χ0n) is 14.8. The molecule has 0 bridgehead atoms. The van der Waals surface area contributed by atoms with Crippen LogP contribution in [0.3, 0.4) is 0 Å². The molecule has 2 rings (SSSR count). The first kappa shape index (κ1) is 19.6. The second-order valence-corrected chi connectivity index (χ2v) is 6.71. The number of likely N-dealkylation sites (tertiary alicyclic amines) is 1. The average molecular weight is 412 g/mol. The largest absolute Gasteiger partial charge is 0.492 e. The van der Waals surface area contributed by atoms with Gasteiger partial charge in [0.25, 0.3) is 0 Å². The maximum atomic E-state index is 11.8. The van der Waals surface area contributed by atoms with Gasteiger partial charge in [0.15, 0.2) is 5.96 Å². The summed E-state index contributed by atoms with van der Waals surface area (Å²) in [6.07, 6.45) is 1.60. The van der Waals surface area contributed by atoms with E-state index >= 15 is 0 Å². The smallest absolute Gasteiger partial charge is 0.309 e. The predicted octanol–water partition coefficient (Wildman–Crippen LogP) is 2.68. The van der Waals surface area contributed by atoms with Gasteiger partial charge in [-0.3, -0.25) is 9.79 Å². The number of hydrogen-bond acceptors (Lipinski definition) is 4. The maximum Gasteiger partial charge on any atom is 0.309 e. The van der Waals surface area contributed by atoms with Crippen LogP contribution in [0.1, 0.15) is 19.8 Å². The molecule has 1 aliphatic heterocycles. The molecule has 1 aromatic carbocycles. The summed E-state index contributed by atoms with van der Waals surface area (Å²) in [7, 11) is 1.77. The Morgan fingerprint density at radius 3 is 2.80 bits per heavy atom. The van der Waals surface area contributed by atoms with E-state index in [1.54, 1.807) is 7.05 Å². The van der Waals surface area contributed by atoms with Gasteiger partial charge >= 0.3 is 5.97 Å². The Bertz CT molecular complexity index is 587. The molecule has 0 atom stereocenters. The van der Waals surface area contributed by atoms with Gasteiger partial charge in [-0.25, -0.2) is 0 Å². The fourth-order valence-corrected chi connectivity index (χ4v) is 3.19. The molecule has 0 spiro atoms. The predicted molar refractivity (Wildman–Crippen MR) is 102 cm³/mol. The van der Waals surface area contributed by atoms with Crippen LogP contribution in [0.4, 0.5) is 0 Å². The van der Waals surface area contributed by atoms with E-state index in [9.17, 15) is 4.79 Å². The number of guanidine groups is 1. The van der Waals surface area contributed by atoms with Crippen LogP contribution in [-0.4, -0.2) is 56.7 Å². The molecule has 0 aliphatic carbocycles. The summed E-state index contributed by atoms with van der Waals surface area (Å²) in [5.74, 6) is 1.61. The first-order valence-electron chi connectivity index (χ1n) is 8.64. The highest BCUT2D eigenvalue weighted by molar-refractivity contribution is 9.10. The molecule has 0 aromatic heterocycles. The van der Waals surface area contributed by atoms with Crippen molar-refractivity contribution in [3.63, 3.8) is 0 Å². The number of carbonyl (C=O) groups is 1. The number of rotatable bonds is 6. The Labute approximate surface area is 157 Å². The summed E-state index contributed by atoms with van der Waals surface area (Å²) in [5.41, 5.74) is 0. The van der Waals surface area contributed by atoms with Gasteiger partial charge in [0, 0.05) is 24.6 Å².